The van der Waals surface area contributed by atoms with Crippen LogP contribution in [0.15, 0.2) is 47.8 Å². The molecule has 35 heavy (non-hydrogen) atoms. The van der Waals surface area contributed by atoms with E-state index in [-0.39, 0.29) is 49.1 Å². The number of aromatic nitrogens is 2. The molecule has 2 amide bonds. The van der Waals surface area contributed by atoms with Gasteiger partial charge in [0.2, 0.25) is 11.8 Å². The van der Waals surface area contributed by atoms with Crippen molar-refractivity contribution in [2.45, 2.75) is 45.6 Å². The number of carbonyl (C=O) groups is 4. The van der Waals surface area contributed by atoms with Gasteiger partial charge in [0.1, 0.15) is 11.8 Å². The van der Waals surface area contributed by atoms with Crippen molar-refractivity contribution in [1.82, 2.24) is 20.0 Å². The minimum Gasteiger partial charge on any atom is -0.352 e. The van der Waals surface area contributed by atoms with Gasteiger partial charge in [0.25, 0.3) is 0 Å². The molecule has 0 saturated carbocycles. The van der Waals surface area contributed by atoms with Gasteiger partial charge in [-0.1, -0.05) is 24.3 Å². The average molecular weight is 493 g/mol. The smallest absolute Gasteiger partial charge is 0.247 e. The second kappa shape index (κ2) is 10.8. The maximum absolute atomic E-state index is 13.2. The molecule has 1 unspecified atom stereocenters. The Kier molecular flexibility index (Phi) is 7.55. The first-order chi connectivity index (χ1) is 16.9. The summed E-state index contributed by atoms with van der Waals surface area (Å²) >= 11 is 1.35. The molecule has 9 heteroatoms. The molecular weight excluding hydrogens is 464 g/mol. The largest absolute Gasteiger partial charge is 0.352 e. The summed E-state index contributed by atoms with van der Waals surface area (Å²) in [5, 5.41) is 9.32. The third kappa shape index (κ3) is 5.40. The highest BCUT2D eigenvalue weighted by Crippen LogP contribution is 2.31. The van der Waals surface area contributed by atoms with E-state index in [1.54, 1.807) is 21.7 Å². The van der Waals surface area contributed by atoms with Gasteiger partial charge in [-0.3, -0.25) is 19.2 Å². The van der Waals surface area contributed by atoms with Crippen molar-refractivity contribution < 1.29 is 19.2 Å². The molecule has 1 N–H and O–H groups in total. The van der Waals surface area contributed by atoms with Gasteiger partial charge in [0.05, 0.1) is 16.3 Å². The molecule has 0 radical (unpaired) electrons. The molecular formula is C26H28N4O4S. The minimum atomic E-state index is -0.802. The zero-order valence-corrected chi connectivity index (χ0v) is 20.6. The lowest BCUT2D eigenvalue weighted by atomic mass is 9.99. The van der Waals surface area contributed by atoms with Crippen LogP contribution in [0.1, 0.15) is 58.3 Å². The number of hydrogen-bond donors (Lipinski definition) is 1. The van der Waals surface area contributed by atoms with E-state index in [4.69, 9.17) is 0 Å². The number of piperazine rings is 1. The molecule has 1 aliphatic rings. The summed E-state index contributed by atoms with van der Waals surface area (Å²) in [5.74, 6) is -0.704. The maximum Gasteiger partial charge on any atom is 0.247 e. The van der Waals surface area contributed by atoms with Gasteiger partial charge < -0.3 is 10.2 Å². The molecule has 3 heterocycles. The van der Waals surface area contributed by atoms with Crippen LogP contribution in [0.4, 0.5) is 0 Å². The van der Waals surface area contributed by atoms with Gasteiger partial charge in [0.15, 0.2) is 5.78 Å². The fourth-order valence-electron chi connectivity index (χ4n) is 4.42. The zero-order chi connectivity index (χ0) is 24.9. The Labute approximate surface area is 207 Å². The van der Waals surface area contributed by atoms with Gasteiger partial charge in [-0.15, -0.1) is 11.3 Å². The Morgan fingerprint density at radius 2 is 1.77 bits per heavy atom. The predicted octanol–water partition coefficient (Wildman–Crippen LogP) is 3.56. The lowest BCUT2D eigenvalue weighted by Gasteiger charge is -2.35. The van der Waals surface area contributed by atoms with Crippen LogP contribution in [0.5, 0.6) is 0 Å². The van der Waals surface area contributed by atoms with E-state index >= 15 is 0 Å². The number of benzene rings is 1. The van der Waals surface area contributed by atoms with E-state index in [2.05, 4.69) is 10.4 Å². The monoisotopic (exact) mass is 492 g/mol. The average Bonchev–Trinajstić information content (AvgIpc) is 3.50. The summed E-state index contributed by atoms with van der Waals surface area (Å²) < 4.78 is 1.78. The number of hydrogen-bond acceptors (Lipinski definition) is 6. The highest BCUT2D eigenvalue weighted by Gasteiger charge is 2.37. The van der Waals surface area contributed by atoms with Crippen molar-refractivity contribution in [3.8, 4) is 5.69 Å². The van der Waals surface area contributed by atoms with Gasteiger partial charge in [-0.25, -0.2) is 4.68 Å². The lowest BCUT2D eigenvalue weighted by Crippen LogP contribution is -2.52. The van der Waals surface area contributed by atoms with Crippen LogP contribution < -0.4 is 5.32 Å². The fraction of sp³-hybridized carbons (Fsp3) is 0.346. The molecule has 3 aromatic rings. The first kappa shape index (κ1) is 24.5. The molecule has 1 saturated heterocycles. The van der Waals surface area contributed by atoms with Crippen molar-refractivity contribution in [3.63, 3.8) is 0 Å². The van der Waals surface area contributed by atoms with E-state index in [0.29, 0.717) is 29.2 Å². The zero-order valence-electron chi connectivity index (χ0n) is 19.8. The number of ketones is 2. The summed E-state index contributed by atoms with van der Waals surface area (Å²) in [4.78, 5) is 52.8. The number of Topliss-reactive ketones (excluding diaryl/α,β-unsaturated/α-hetero) is 2. The van der Waals surface area contributed by atoms with E-state index in [0.717, 1.165) is 11.4 Å². The molecule has 1 fully saturated rings. The van der Waals surface area contributed by atoms with E-state index < -0.39 is 6.04 Å². The van der Waals surface area contributed by atoms with Gasteiger partial charge >= 0.3 is 0 Å². The Morgan fingerprint density at radius 3 is 2.49 bits per heavy atom. The lowest BCUT2D eigenvalue weighted by molar-refractivity contribution is -0.144. The van der Waals surface area contributed by atoms with Gasteiger partial charge in [-0.05, 0) is 37.4 Å². The standard InChI is InChI=1S/C26H28N4O4S/c1-17-24(18(2)30(28-17)19-7-4-3-5-8-19)25-26(34)27-14-15-29(25)23(33)13-11-20(31)10-12-21(32)22-9-6-16-35-22/h3-9,16,25H,10-15H2,1-2H3,(H,27,34). The van der Waals surface area contributed by atoms with E-state index in [1.807, 2.05) is 49.6 Å². The quantitative estimate of drug-likeness (QED) is 0.460. The second-order valence-corrected chi connectivity index (χ2v) is 9.50. The maximum atomic E-state index is 13.2. The van der Waals surface area contributed by atoms with Crippen LogP contribution in [-0.2, 0) is 14.4 Å². The van der Waals surface area contributed by atoms with Gasteiger partial charge in [0, 0.05) is 50.0 Å². The summed E-state index contributed by atoms with van der Waals surface area (Å²) in [5.41, 5.74) is 3.04. The Balaban J connectivity index is 1.45. The molecule has 182 valence electrons. The number of para-hydroxylation sites is 1. The number of rotatable bonds is 9. The molecule has 8 nitrogen and oxygen atoms in total. The van der Waals surface area contributed by atoms with Crippen LogP contribution in [0.3, 0.4) is 0 Å². The summed E-state index contributed by atoms with van der Waals surface area (Å²) in [6.45, 7) is 4.44. The highest BCUT2D eigenvalue weighted by atomic mass is 32.1. The van der Waals surface area contributed by atoms with E-state index in [9.17, 15) is 19.2 Å². The summed E-state index contributed by atoms with van der Waals surface area (Å²) in [6.07, 6.45) is 0.290. The molecule has 1 atom stereocenters. The topological polar surface area (TPSA) is 101 Å². The number of aryl methyl sites for hydroxylation is 1. The SMILES string of the molecule is Cc1nn(-c2ccccc2)c(C)c1C1C(=O)NCCN1C(=O)CCC(=O)CCC(=O)c1cccs1. The number of amides is 2. The predicted molar refractivity (Wildman–Crippen MR) is 133 cm³/mol. The molecule has 0 bridgehead atoms. The van der Waals surface area contributed by atoms with Crippen molar-refractivity contribution in [2.75, 3.05) is 13.1 Å². The van der Waals surface area contributed by atoms with Crippen LogP contribution in [0.25, 0.3) is 5.69 Å². The molecule has 1 aromatic carbocycles. The second-order valence-electron chi connectivity index (χ2n) is 8.55. The fourth-order valence-corrected chi connectivity index (χ4v) is 5.12. The van der Waals surface area contributed by atoms with Crippen molar-refractivity contribution >= 4 is 34.7 Å². The Bertz CT molecular complexity index is 1230. The Morgan fingerprint density at radius 1 is 1.03 bits per heavy atom. The normalized spacial score (nSPS) is 15.7. The Hall–Kier alpha value is -3.59. The van der Waals surface area contributed by atoms with Crippen molar-refractivity contribution in [1.29, 1.82) is 0 Å². The van der Waals surface area contributed by atoms with Crippen molar-refractivity contribution in [2.24, 2.45) is 0 Å². The molecule has 0 aliphatic carbocycles. The summed E-state index contributed by atoms with van der Waals surface area (Å²) in [7, 11) is 0. The first-order valence-corrected chi connectivity index (χ1v) is 12.5. The number of nitrogens with zero attached hydrogens (tertiary/aromatic N) is 3. The van der Waals surface area contributed by atoms with E-state index in [1.165, 1.54) is 11.3 Å². The number of thiophene rings is 1. The van der Waals surface area contributed by atoms with Gasteiger partial charge in [-0.2, -0.15) is 5.10 Å². The van der Waals surface area contributed by atoms with Crippen LogP contribution >= 0.6 is 11.3 Å². The van der Waals surface area contributed by atoms with Crippen molar-refractivity contribution in [3.05, 3.63) is 69.7 Å². The molecule has 0 spiro atoms. The molecule has 2 aromatic heterocycles. The van der Waals surface area contributed by atoms with Crippen LogP contribution in [-0.4, -0.2) is 51.2 Å². The van der Waals surface area contributed by atoms with Crippen LogP contribution in [0.2, 0.25) is 0 Å². The third-order valence-electron chi connectivity index (χ3n) is 6.20. The van der Waals surface area contributed by atoms with Crippen LogP contribution in [0, 0.1) is 13.8 Å². The molecule has 1 aliphatic heterocycles. The third-order valence-corrected chi connectivity index (χ3v) is 7.11. The highest BCUT2D eigenvalue weighted by molar-refractivity contribution is 7.12. The number of carbonyl (C=O) groups excluding carboxylic acids is 4. The first-order valence-electron chi connectivity index (χ1n) is 11.6. The summed E-state index contributed by atoms with van der Waals surface area (Å²) in [6, 6.07) is 12.4. The number of nitrogens with one attached hydrogen (secondary N) is 1. The minimum absolute atomic E-state index is 0.000718. The molecule has 4 rings (SSSR count).